The largest absolute Gasteiger partial charge is 0.207 e. The molecule has 96 valence electrons. The molecular formula is C18H17F. The van der Waals surface area contributed by atoms with E-state index in [-0.39, 0.29) is 5.82 Å². The summed E-state index contributed by atoms with van der Waals surface area (Å²) in [5.41, 5.74) is 3.64. The molecule has 0 atom stereocenters. The molecule has 0 unspecified atom stereocenters. The summed E-state index contributed by atoms with van der Waals surface area (Å²) in [6.07, 6.45) is 2.24. The third kappa shape index (κ3) is 3.69. The van der Waals surface area contributed by atoms with Gasteiger partial charge in [-0.2, -0.15) is 0 Å². The van der Waals surface area contributed by atoms with Gasteiger partial charge < -0.3 is 0 Å². The summed E-state index contributed by atoms with van der Waals surface area (Å²) >= 11 is 0. The van der Waals surface area contributed by atoms with E-state index in [1.807, 2.05) is 18.2 Å². The van der Waals surface area contributed by atoms with E-state index in [0.29, 0.717) is 11.1 Å². The Morgan fingerprint density at radius 3 is 2.21 bits per heavy atom. The van der Waals surface area contributed by atoms with Crippen molar-refractivity contribution >= 4 is 0 Å². The van der Waals surface area contributed by atoms with Crippen molar-refractivity contribution in [2.24, 2.45) is 0 Å². The van der Waals surface area contributed by atoms with E-state index in [4.69, 9.17) is 0 Å². The van der Waals surface area contributed by atoms with E-state index in [0.717, 1.165) is 18.4 Å². The maximum Gasteiger partial charge on any atom is 0.127 e. The zero-order valence-electron chi connectivity index (χ0n) is 11.3. The summed E-state index contributed by atoms with van der Waals surface area (Å²) in [6, 6.07) is 13.3. The molecular weight excluding hydrogens is 235 g/mol. The fourth-order valence-corrected chi connectivity index (χ4v) is 1.86. The van der Waals surface area contributed by atoms with Gasteiger partial charge in [0.2, 0.25) is 0 Å². The topological polar surface area (TPSA) is 0 Å². The van der Waals surface area contributed by atoms with Gasteiger partial charge in [0.15, 0.2) is 0 Å². The first-order valence-corrected chi connectivity index (χ1v) is 6.56. The molecule has 0 amide bonds. The van der Waals surface area contributed by atoms with Crippen molar-refractivity contribution < 1.29 is 4.39 Å². The van der Waals surface area contributed by atoms with Crippen LogP contribution in [0.2, 0.25) is 0 Å². The molecule has 0 spiro atoms. The second-order valence-corrected chi connectivity index (χ2v) is 4.66. The fourth-order valence-electron chi connectivity index (χ4n) is 1.86. The summed E-state index contributed by atoms with van der Waals surface area (Å²) < 4.78 is 13.4. The van der Waals surface area contributed by atoms with Gasteiger partial charge in [-0.25, -0.2) is 4.39 Å². The Morgan fingerprint density at radius 1 is 0.947 bits per heavy atom. The third-order valence-electron chi connectivity index (χ3n) is 3.02. The van der Waals surface area contributed by atoms with Crippen molar-refractivity contribution in [3.8, 4) is 11.8 Å². The normalized spacial score (nSPS) is 9.84. The van der Waals surface area contributed by atoms with E-state index >= 15 is 0 Å². The molecule has 0 fully saturated rings. The molecule has 0 radical (unpaired) electrons. The molecule has 0 aliphatic carbocycles. The Kier molecular flexibility index (Phi) is 4.36. The van der Waals surface area contributed by atoms with Crippen LogP contribution < -0.4 is 0 Å². The molecule has 0 aliphatic heterocycles. The van der Waals surface area contributed by atoms with Crippen LogP contribution in [0.1, 0.15) is 35.6 Å². The van der Waals surface area contributed by atoms with Gasteiger partial charge in [-0.3, -0.25) is 0 Å². The van der Waals surface area contributed by atoms with Gasteiger partial charge in [-0.1, -0.05) is 43.4 Å². The summed E-state index contributed by atoms with van der Waals surface area (Å²) in [5.74, 6) is 5.85. The first-order chi connectivity index (χ1) is 9.19. The highest BCUT2D eigenvalue weighted by atomic mass is 19.1. The van der Waals surface area contributed by atoms with Gasteiger partial charge in [0, 0.05) is 11.1 Å². The fraction of sp³-hybridized carbons (Fsp3) is 0.222. The van der Waals surface area contributed by atoms with Crippen LogP contribution in [0.25, 0.3) is 0 Å². The molecule has 0 heterocycles. The number of rotatable bonds is 2. The minimum atomic E-state index is -0.204. The molecule has 1 heteroatoms. The van der Waals surface area contributed by atoms with Crippen LogP contribution in [-0.4, -0.2) is 0 Å². The highest BCUT2D eigenvalue weighted by Crippen LogP contribution is 2.09. The van der Waals surface area contributed by atoms with Crippen molar-refractivity contribution in [2.75, 3.05) is 0 Å². The van der Waals surface area contributed by atoms with Crippen LogP contribution in [0, 0.1) is 24.6 Å². The maximum absolute atomic E-state index is 13.4. The molecule has 0 nitrogen and oxygen atoms in total. The van der Waals surface area contributed by atoms with Crippen LogP contribution in [0.4, 0.5) is 4.39 Å². The Bertz CT molecular complexity index is 612. The Hall–Kier alpha value is -2.07. The minimum Gasteiger partial charge on any atom is -0.207 e. The Balaban J connectivity index is 2.16. The minimum absolute atomic E-state index is 0.204. The Labute approximate surface area is 114 Å². The number of halogens is 1. The van der Waals surface area contributed by atoms with E-state index in [2.05, 4.69) is 30.9 Å². The summed E-state index contributed by atoms with van der Waals surface area (Å²) in [7, 11) is 0. The molecule has 2 aromatic carbocycles. The van der Waals surface area contributed by atoms with Crippen molar-refractivity contribution in [1.82, 2.24) is 0 Å². The lowest BCUT2D eigenvalue weighted by Gasteiger charge is -1.98. The maximum atomic E-state index is 13.4. The molecule has 0 aliphatic rings. The quantitative estimate of drug-likeness (QED) is 0.691. The number of aryl methyl sites for hydroxylation is 2. The van der Waals surface area contributed by atoms with E-state index < -0.39 is 0 Å². The van der Waals surface area contributed by atoms with Crippen LogP contribution >= 0.6 is 0 Å². The Morgan fingerprint density at radius 2 is 1.58 bits per heavy atom. The zero-order valence-corrected chi connectivity index (χ0v) is 11.3. The lowest BCUT2D eigenvalue weighted by molar-refractivity contribution is 0.618. The van der Waals surface area contributed by atoms with Crippen molar-refractivity contribution in [3.63, 3.8) is 0 Å². The van der Waals surface area contributed by atoms with Gasteiger partial charge in [-0.05, 0) is 48.7 Å². The van der Waals surface area contributed by atoms with Crippen LogP contribution in [0.5, 0.6) is 0 Å². The van der Waals surface area contributed by atoms with Crippen molar-refractivity contribution in [2.45, 2.75) is 26.7 Å². The lowest BCUT2D eigenvalue weighted by Crippen LogP contribution is -1.84. The predicted molar refractivity (Wildman–Crippen MR) is 77.6 cm³/mol. The smallest absolute Gasteiger partial charge is 0.127 e. The molecule has 0 saturated heterocycles. The molecule has 2 aromatic rings. The average molecular weight is 252 g/mol. The van der Waals surface area contributed by atoms with Gasteiger partial charge >= 0.3 is 0 Å². The van der Waals surface area contributed by atoms with E-state index in [1.54, 1.807) is 13.0 Å². The van der Waals surface area contributed by atoms with Crippen molar-refractivity contribution in [1.29, 1.82) is 0 Å². The number of benzene rings is 2. The standard InChI is InChI=1S/C18H17F/c1-3-4-15-7-9-16(10-8-15)11-12-17-6-5-14(2)18(19)13-17/h5-10,13H,3-4H2,1-2H3. The van der Waals surface area contributed by atoms with E-state index in [1.165, 1.54) is 11.6 Å². The second-order valence-electron chi connectivity index (χ2n) is 4.66. The van der Waals surface area contributed by atoms with Crippen LogP contribution in [0.15, 0.2) is 42.5 Å². The summed E-state index contributed by atoms with van der Waals surface area (Å²) in [4.78, 5) is 0. The van der Waals surface area contributed by atoms with E-state index in [9.17, 15) is 4.39 Å². The van der Waals surface area contributed by atoms with Gasteiger partial charge in [-0.15, -0.1) is 0 Å². The second kappa shape index (κ2) is 6.20. The van der Waals surface area contributed by atoms with Crippen LogP contribution in [-0.2, 0) is 6.42 Å². The van der Waals surface area contributed by atoms with Gasteiger partial charge in [0.25, 0.3) is 0 Å². The van der Waals surface area contributed by atoms with Gasteiger partial charge in [0.1, 0.15) is 5.82 Å². The molecule has 0 saturated carbocycles. The first-order valence-electron chi connectivity index (χ1n) is 6.56. The summed E-state index contributed by atoms with van der Waals surface area (Å²) in [5, 5.41) is 0. The molecule has 2 rings (SSSR count). The van der Waals surface area contributed by atoms with Gasteiger partial charge in [0.05, 0.1) is 0 Å². The molecule has 0 N–H and O–H groups in total. The first kappa shape index (κ1) is 13.4. The van der Waals surface area contributed by atoms with Crippen molar-refractivity contribution in [3.05, 3.63) is 70.5 Å². The summed E-state index contributed by atoms with van der Waals surface area (Å²) in [6.45, 7) is 3.92. The predicted octanol–water partition coefficient (Wildman–Crippen LogP) is 4.49. The monoisotopic (exact) mass is 252 g/mol. The molecule has 0 bridgehead atoms. The highest BCUT2D eigenvalue weighted by Gasteiger charge is 1.96. The number of hydrogen-bond donors (Lipinski definition) is 0. The number of hydrogen-bond acceptors (Lipinski definition) is 0. The third-order valence-corrected chi connectivity index (χ3v) is 3.02. The molecule has 19 heavy (non-hydrogen) atoms. The highest BCUT2D eigenvalue weighted by molar-refractivity contribution is 5.44. The SMILES string of the molecule is CCCc1ccc(C#Cc2ccc(C)c(F)c2)cc1. The zero-order chi connectivity index (χ0) is 13.7. The molecule has 0 aromatic heterocycles. The lowest BCUT2D eigenvalue weighted by atomic mass is 10.1. The van der Waals surface area contributed by atoms with Crippen LogP contribution in [0.3, 0.4) is 0 Å². The average Bonchev–Trinajstić information content (AvgIpc) is 2.42.